The molecule has 3 heterocycles. The van der Waals surface area contributed by atoms with E-state index in [-0.39, 0.29) is 11.5 Å². The standard InChI is InChI=1S/C25H31N5O3/c1-5-20(24(31)26-12-8-13-28(6-2)19-10-7-9-17(3)15-19)30-25(32)22-16-23-21(11-14-33-23)29(22)18(4)27-30/h7,9-11,14-16,20H,5-6,8,12-13H2,1-4H3,(H,26,31). The fourth-order valence-electron chi connectivity index (χ4n) is 4.37. The number of benzene rings is 1. The molecule has 8 nitrogen and oxygen atoms in total. The highest BCUT2D eigenvalue weighted by Gasteiger charge is 2.23. The Bertz CT molecular complexity index is 1330. The minimum absolute atomic E-state index is 0.190. The number of amides is 1. The van der Waals surface area contributed by atoms with Crippen molar-refractivity contribution < 1.29 is 9.21 Å². The van der Waals surface area contributed by atoms with E-state index in [1.807, 2.05) is 13.8 Å². The molecule has 0 aliphatic carbocycles. The monoisotopic (exact) mass is 449 g/mol. The molecule has 33 heavy (non-hydrogen) atoms. The van der Waals surface area contributed by atoms with Gasteiger partial charge in [-0.2, -0.15) is 5.10 Å². The third-order valence-electron chi connectivity index (χ3n) is 6.06. The van der Waals surface area contributed by atoms with Crippen LogP contribution in [0.3, 0.4) is 0 Å². The van der Waals surface area contributed by atoms with Gasteiger partial charge in [0.05, 0.1) is 11.8 Å². The van der Waals surface area contributed by atoms with Gasteiger partial charge in [-0.3, -0.25) is 14.0 Å². The number of carbonyl (C=O) groups is 1. The van der Waals surface area contributed by atoms with Crippen molar-refractivity contribution >= 4 is 28.2 Å². The Morgan fingerprint density at radius 3 is 2.73 bits per heavy atom. The van der Waals surface area contributed by atoms with Crippen LogP contribution in [0, 0.1) is 13.8 Å². The highest BCUT2D eigenvalue weighted by atomic mass is 16.3. The SMILES string of the molecule is CCC(C(=O)NCCCN(CC)c1cccc(C)c1)n1nc(C)n2c(cc3occc32)c1=O. The Kier molecular flexibility index (Phi) is 6.53. The molecule has 1 aromatic carbocycles. The molecule has 3 aromatic heterocycles. The van der Waals surface area contributed by atoms with E-state index in [1.54, 1.807) is 22.8 Å². The van der Waals surface area contributed by atoms with Gasteiger partial charge in [0.2, 0.25) is 5.91 Å². The molecule has 0 spiro atoms. The van der Waals surface area contributed by atoms with Gasteiger partial charge in [0.25, 0.3) is 5.56 Å². The number of rotatable bonds is 9. The van der Waals surface area contributed by atoms with Crippen LogP contribution in [0.15, 0.2) is 51.9 Å². The fourth-order valence-corrected chi connectivity index (χ4v) is 4.37. The lowest BCUT2D eigenvalue weighted by Gasteiger charge is -2.24. The summed E-state index contributed by atoms with van der Waals surface area (Å²) in [7, 11) is 0. The molecule has 1 atom stereocenters. The predicted octanol–water partition coefficient (Wildman–Crippen LogP) is 3.84. The van der Waals surface area contributed by atoms with Gasteiger partial charge < -0.3 is 14.6 Å². The van der Waals surface area contributed by atoms with E-state index in [2.05, 4.69) is 53.4 Å². The van der Waals surface area contributed by atoms with Crippen molar-refractivity contribution in [3.63, 3.8) is 0 Å². The first-order chi connectivity index (χ1) is 15.9. The van der Waals surface area contributed by atoms with Crippen molar-refractivity contribution in [1.82, 2.24) is 19.5 Å². The zero-order valence-corrected chi connectivity index (χ0v) is 19.7. The van der Waals surface area contributed by atoms with E-state index in [0.717, 1.165) is 25.0 Å². The molecule has 1 N–H and O–H groups in total. The minimum atomic E-state index is -0.665. The Hall–Kier alpha value is -3.55. The largest absolute Gasteiger partial charge is 0.463 e. The molecule has 0 aliphatic rings. The maximum Gasteiger partial charge on any atom is 0.291 e. The van der Waals surface area contributed by atoms with Gasteiger partial charge in [0, 0.05) is 37.5 Å². The van der Waals surface area contributed by atoms with Gasteiger partial charge in [-0.05, 0) is 51.3 Å². The molecule has 0 saturated carbocycles. The van der Waals surface area contributed by atoms with Gasteiger partial charge in [0.15, 0.2) is 5.58 Å². The van der Waals surface area contributed by atoms with Gasteiger partial charge in [-0.15, -0.1) is 0 Å². The van der Waals surface area contributed by atoms with Crippen molar-refractivity contribution in [2.45, 2.75) is 46.6 Å². The molecule has 0 aliphatic heterocycles. The Labute approximate surface area is 192 Å². The van der Waals surface area contributed by atoms with Gasteiger partial charge in [-0.25, -0.2) is 4.68 Å². The number of hydrogen-bond donors (Lipinski definition) is 1. The zero-order valence-electron chi connectivity index (χ0n) is 19.7. The lowest BCUT2D eigenvalue weighted by Crippen LogP contribution is -2.40. The summed E-state index contributed by atoms with van der Waals surface area (Å²) in [5.41, 5.74) is 4.00. The molecule has 1 unspecified atom stereocenters. The van der Waals surface area contributed by atoms with E-state index >= 15 is 0 Å². The van der Waals surface area contributed by atoms with Crippen LogP contribution in [0.4, 0.5) is 5.69 Å². The lowest BCUT2D eigenvalue weighted by molar-refractivity contribution is -0.124. The second-order valence-corrected chi connectivity index (χ2v) is 8.32. The van der Waals surface area contributed by atoms with Gasteiger partial charge in [-0.1, -0.05) is 19.1 Å². The number of furan rings is 1. The van der Waals surface area contributed by atoms with Crippen LogP contribution < -0.4 is 15.8 Å². The van der Waals surface area contributed by atoms with E-state index in [1.165, 1.54) is 15.9 Å². The van der Waals surface area contributed by atoms with Crippen molar-refractivity contribution in [3.8, 4) is 0 Å². The molecule has 4 aromatic rings. The molecule has 0 fully saturated rings. The minimum Gasteiger partial charge on any atom is -0.463 e. The van der Waals surface area contributed by atoms with Gasteiger partial charge in [0.1, 0.15) is 17.4 Å². The molecule has 8 heteroatoms. The average molecular weight is 450 g/mol. The van der Waals surface area contributed by atoms with E-state index in [0.29, 0.717) is 29.9 Å². The van der Waals surface area contributed by atoms with Crippen molar-refractivity contribution in [2.75, 3.05) is 24.5 Å². The van der Waals surface area contributed by atoms with Crippen LogP contribution in [-0.4, -0.2) is 39.7 Å². The molecule has 4 rings (SSSR count). The summed E-state index contributed by atoms with van der Waals surface area (Å²) in [5.74, 6) is 0.439. The van der Waals surface area contributed by atoms with Crippen LogP contribution in [0.2, 0.25) is 0 Å². The molecule has 0 saturated heterocycles. The summed E-state index contributed by atoms with van der Waals surface area (Å²) in [6.45, 7) is 10.2. The Balaban J connectivity index is 1.44. The smallest absolute Gasteiger partial charge is 0.291 e. The molecular formula is C25H31N5O3. The maximum absolute atomic E-state index is 13.1. The van der Waals surface area contributed by atoms with Crippen LogP contribution in [-0.2, 0) is 4.79 Å². The first-order valence-corrected chi connectivity index (χ1v) is 11.5. The maximum atomic E-state index is 13.1. The summed E-state index contributed by atoms with van der Waals surface area (Å²) in [6.07, 6.45) is 2.86. The first kappa shape index (κ1) is 22.6. The first-order valence-electron chi connectivity index (χ1n) is 11.5. The lowest BCUT2D eigenvalue weighted by atomic mass is 10.2. The van der Waals surface area contributed by atoms with Crippen LogP contribution in [0.1, 0.15) is 44.1 Å². The third kappa shape index (κ3) is 4.37. The molecule has 0 radical (unpaired) electrons. The quantitative estimate of drug-likeness (QED) is 0.393. The fraction of sp³-hybridized carbons (Fsp3) is 0.400. The Morgan fingerprint density at radius 2 is 2.00 bits per heavy atom. The second-order valence-electron chi connectivity index (χ2n) is 8.32. The number of hydrogen-bond acceptors (Lipinski definition) is 5. The highest BCUT2D eigenvalue weighted by molar-refractivity contribution is 5.83. The Morgan fingerprint density at radius 1 is 1.18 bits per heavy atom. The number of carbonyl (C=O) groups excluding carboxylic acids is 1. The van der Waals surface area contributed by atoms with Crippen molar-refractivity contribution in [1.29, 1.82) is 0 Å². The number of nitrogens with one attached hydrogen (secondary N) is 1. The van der Waals surface area contributed by atoms with Crippen LogP contribution in [0.25, 0.3) is 16.6 Å². The van der Waals surface area contributed by atoms with E-state index in [9.17, 15) is 9.59 Å². The number of aromatic nitrogens is 3. The number of fused-ring (bicyclic) bond motifs is 3. The number of anilines is 1. The summed E-state index contributed by atoms with van der Waals surface area (Å²) in [6, 6.07) is 11.3. The van der Waals surface area contributed by atoms with E-state index in [4.69, 9.17) is 4.42 Å². The molecular weight excluding hydrogens is 418 g/mol. The summed E-state index contributed by atoms with van der Waals surface area (Å²) >= 11 is 0. The summed E-state index contributed by atoms with van der Waals surface area (Å²) in [5, 5.41) is 7.47. The van der Waals surface area contributed by atoms with Crippen molar-refractivity contribution in [2.24, 2.45) is 0 Å². The summed E-state index contributed by atoms with van der Waals surface area (Å²) < 4.78 is 8.52. The zero-order chi connectivity index (χ0) is 23.5. The molecule has 0 bridgehead atoms. The molecule has 1 amide bonds. The molecule has 174 valence electrons. The highest BCUT2D eigenvalue weighted by Crippen LogP contribution is 2.21. The van der Waals surface area contributed by atoms with Crippen LogP contribution in [0.5, 0.6) is 0 Å². The predicted molar refractivity (Wildman–Crippen MR) is 130 cm³/mol. The van der Waals surface area contributed by atoms with Crippen LogP contribution >= 0.6 is 0 Å². The normalized spacial score (nSPS) is 12.4. The second kappa shape index (κ2) is 9.52. The third-order valence-corrected chi connectivity index (χ3v) is 6.06. The average Bonchev–Trinajstić information content (AvgIpc) is 3.39. The number of aryl methyl sites for hydroxylation is 2. The van der Waals surface area contributed by atoms with E-state index < -0.39 is 6.04 Å². The van der Waals surface area contributed by atoms with Gasteiger partial charge >= 0.3 is 0 Å². The number of nitrogens with zero attached hydrogens (tertiary/aromatic N) is 4. The summed E-state index contributed by atoms with van der Waals surface area (Å²) in [4.78, 5) is 28.4. The van der Waals surface area contributed by atoms with Crippen molar-refractivity contribution in [3.05, 3.63) is 64.4 Å². The topological polar surface area (TPSA) is 84.8 Å².